The van der Waals surface area contributed by atoms with Gasteiger partial charge in [0.15, 0.2) is 0 Å². The van der Waals surface area contributed by atoms with E-state index in [0.29, 0.717) is 29.7 Å². The Morgan fingerprint density at radius 3 is 3.04 bits per heavy atom. The van der Waals surface area contributed by atoms with Gasteiger partial charge in [-0.15, -0.1) is 0 Å². The first-order valence-corrected chi connectivity index (χ1v) is 7.72. The predicted molar refractivity (Wildman–Crippen MR) is 77.3 cm³/mol. The molecule has 2 aromatic rings. The van der Waals surface area contributed by atoms with Crippen molar-refractivity contribution in [3.63, 3.8) is 0 Å². The van der Waals surface area contributed by atoms with Crippen LogP contribution in [0.2, 0.25) is 0 Å². The normalized spacial score (nSPS) is 27.0. The van der Waals surface area contributed by atoms with Crippen LogP contribution in [0.4, 0.5) is 0 Å². The van der Waals surface area contributed by atoms with Crippen molar-refractivity contribution in [1.82, 2.24) is 25.2 Å². The lowest BCUT2D eigenvalue weighted by Gasteiger charge is -2.34. The molecule has 8 heteroatoms. The number of carbonyl (C=O) groups excluding carboxylic acids is 1. The minimum Gasteiger partial charge on any atom is -0.365 e. The number of aromatic nitrogens is 4. The third kappa shape index (κ3) is 2.70. The van der Waals surface area contributed by atoms with Gasteiger partial charge in [-0.25, -0.2) is 0 Å². The summed E-state index contributed by atoms with van der Waals surface area (Å²) >= 11 is 0. The van der Waals surface area contributed by atoms with Crippen molar-refractivity contribution in [2.45, 2.75) is 32.0 Å². The Morgan fingerprint density at radius 2 is 2.30 bits per heavy atom. The van der Waals surface area contributed by atoms with Crippen LogP contribution >= 0.6 is 0 Å². The molecule has 0 bridgehead atoms. The van der Waals surface area contributed by atoms with E-state index in [1.54, 1.807) is 13.0 Å². The van der Waals surface area contributed by atoms with Crippen molar-refractivity contribution >= 4 is 5.91 Å². The van der Waals surface area contributed by atoms with E-state index in [1.165, 1.54) is 12.4 Å². The van der Waals surface area contributed by atoms with Gasteiger partial charge in [-0.1, -0.05) is 5.16 Å². The highest BCUT2D eigenvalue weighted by atomic mass is 16.5. The van der Waals surface area contributed by atoms with Crippen LogP contribution in [0.25, 0.3) is 0 Å². The average molecular weight is 315 g/mol. The largest absolute Gasteiger partial charge is 0.365 e. The molecule has 0 radical (unpaired) electrons. The standard InChI is InChI=1S/C15H17N5O3/c1-9-18-14(19-23-9)12-6-10-3-5-20(8-13(10)22-12)15(21)11-2-4-16-17-7-11/h2,4,7,10,12-13H,3,5-6,8H2,1H3/t10-,12-,13+/m0/s1. The zero-order chi connectivity index (χ0) is 15.8. The summed E-state index contributed by atoms with van der Waals surface area (Å²) in [6.45, 7) is 3.07. The molecular formula is C15H17N5O3. The maximum Gasteiger partial charge on any atom is 0.255 e. The first-order chi connectivity index (χ1) is 11.2. The summed E-state index contributed by atoms with van der Waals surface area (Å²) in [5.41, 5.74) is 0.557. The van der Waals surface area contributed by atoms with E-state index in [-0.39, 0.29) is 18.1 Å². The second-order valence-corrected chi connectivity index (χ2v) is 6.00. The maximum atomic E-state index is 12.5. The SMILES string of the molecule is Cc1nc([C@@H]2C[C@@H]3CCN(C(=O)c4ccnnc4)C[C@H]3O2)no1. The van der Waals surface area contributed by atoms with Crippen molar-refractivity contribution in [3.8, 4) is 0 Å². The quantitative estimate of drug-likeness (QED) is 0.820. The number of likely N-dealkylation sites (tertiary alicyclic amines) is 1. The molecule has 23 heavy (non-hydrogen) atoms. The molecule has 2 aliphatic rings. The predicted octanol–water partition coefficient (Wildman–Crippen LogP) is 1.16. The highest BCUT2D eigenvalue weighted by molar-refractivity contribution is 5.93. The molecule has 120 valence electrons. The minimum absolute atomic E-state index is 0.0197. The molecule has 1 amide bonds. The van der Waals surface area contributed by atoms with Gasteiger partial charge in [0.05, 0.1) is 24.1 Å². The van der Waals surface area contributed by atoms with Crippen LogP contribution in [-0.2, 0) is 4.74 Å². The molecule has 3 atom stereocenters. The third-order valence-corrected chi connectivity index (χ3v) is 4.50. The highest BCUT2D eigenvalue weighted by Gasteiger charge is 2.42. The number of carbonyl (C=O) groups is 1. The van der Waals surface area contributed by atoms with Gasteiger partial charge in [0.2, 0.25) is 11.7 Å². The molecular weight excluding hydrogens is 298 g/mol. The van der Waals surface area contributed by atoms with Gasteiger partial charge in [0.25, 0.3) is 5.91 Å². The Kier molecular flexibility index (Phi) is 3.53. The zero-order valence-corrected chi connectivity index (χ0v) is 12.8. The molecule has 8 nitrogen and oxygen atoms in total. The number of piperidine rings is 1. The van der Waals surface area contributed by atoms with Crippen LogP contribution < -0.4 is 0 Å². The monoisotopic (exact) mass is 315 g/mol. The third-order valence-electron chi connectivity index (χ3n) is 4.50. The smallest absolute Gasteiger partial charge is 0.255 e. The Labute approximate surface area is 132 Å². The molecule has 0 aromatic carbocycles. The lowest BCUT2D eigenvalue weighted by atomic mass is 9.91. The van der Waals surface area contributed by atoms with Crippen molar-refractivity contribution in [3.05, 3.63) is 35.7 Å². The van der Waals surface area contributed by atoms with Crippen molar-refractivity contribution in [1.29, 1.82) is 0 Å². The van der Waals surface area contributed by atoms with Crippen LogP contribution in [-0.4, -0.2) is 50.3 Å². The molecule has 4 heterocycles. The van der Waals surface area contributed by atoms with E-state index < -0.39 is 0 Å². The van der Waals surface area contributed by atoms with Gasteiger partial charge in [0, 0.05) is 20.0 Å². The fraction of sp³-hybridized carbons (Fsp3) is 0.533. The van der Waals surface area contributed by atoms with Crippen molar-refractivity contribution < 1.29 is 14.1 Å². The molecule has 2 aromatic heterocycles. The summed E-state index contributed by atoms with van der Waals surface area (Å²) in [6, 6.07) is 1.68. The number of rotatable bonds is 2. The Bertz CT molecular complexity index is 704. The average Bonchev–Trinajstić information content (AvgIpc) is 3.20. The van der Waals surface area contributed by atoms with Gasteiger partial charge in [-0.2, -0.15) is 15.2 Å². The van der Waals surface area contributed by atoms with Crippen LogP contribution in [0.3, 0.4) is 0 Å². The lowest BCUT2D eigenvalue weighted by molar-refractivity contribution is -0.00749. The Hall–Kier alpha value is -2.35. The van der Waals surface area contributed by atoms with Gasteiger partial charge >= 0.3 is 0 Å². The first kappa shape index (κ1) is 14.3. The Balaban J connectivity index is 1.44. The molecule has 0 unspecified atom stereocenters. The summed E-state index contributed by atoms with van der Waals surface area (Å²) < 4.78 is 11.1. The summed E-state index contributed by atoms with van der Waals surface area (Å²) in [4.78, 5) is 18.6. The van der Waals surface area contributed by atoms with E-state index in [4.69, 9.17) is 9.26 Å². The van der Waals surface area contributed by atoms with Crippen molar-refractivity contribution in [2.75, 3.05) is 13.1 Å². The van der Waals surface area contributed by atoms with Crippen LogP contribution in [0, 0.1) is 12.8 Å². The van der Waals surface area contributed by atoms with E-state index in [2.05, 4.69) is 20.3 Å². The number of hydrogen-bond donors (Lipinski definition) is 0. The number of nitrogens with zero attached hydrogens (tertiary/aromatic N) is 5. The molecule has 2 saturated heterocycles. The zero-order valence-electron chi connectivity index (χ0n) is 12.8. The first-order valence-electron chi connectivity index (χ1n) is 7.72. The summed E-state index contributed by atoms with van der Waals surface area (Å²) in [7, 11) is 0. The molecule has 0 saturated carbocycles. The van der Waals surface area contributed by atoms with Crippen LogP contribution in [0.1, 0.15) is 41.0 Å². The fourth-order valence-corrected chi connectivity index (χ4v) is 3.33. The van der Waals surface area contributed by atoms with E-state index >= 15 is 0 Å². The fourth-order valence-electron chi connectivity index (χ4n) is 3.33. The molecule has 4 rings (SSSR count). The number of ether oxygens (including phenoxy) is 1. The molecule has 0 spiro atoms. The summed E-state index contributed by atoms with van der Waals surface area (Å²) in [5, 5.41) is 11.4. The second kappa shape index (κ2) is 5.69. The molecule has 2 fully saturated rings. The maximum absolute atomic E-state index is 12.5. The molecule has 2 aliphatic heterocycles. The summed E-state index contributed by atoms with van der Waals surface area (Å²) in [6.07, 6.45) is 4.70. The van der Waals surface area contributed by atoms with Crippen molar-refractivity contribution in [2.24, 2.45) is 5.92 Å². The number of amides is 1. The lowest BCUT2D eigenvalue weighted by Crippen LogP contribution is -2.45. The molecule has 0 N–H and O–H groups in total. The topological polar surface area (TPSA) is 94.2 Å². The van der Waals surface area contributed by atoms with E-state index in [1.807, 2.05) is 4.90 Å². The second-order valence-electron chi connectivity index (χ2n) is 6.00. The van der Waals surface area contributed by atoms with E-state index in [9.17, 15) is 4.79 Å². The van der Waals surface area contributed by atoms with Crippen LogP contribution in [0.15, 0.2) is 23.0 Å². The number of fused-ring (bicyclic) bond motifs is 1. The van der Waals surface area contributed by atoms with Gasteiger partial charge < -0.3 is 14.2 Å². The van der Waals surface area contributed by atoms with Gasteiger partial charge in [-0.3, -0.25) is 4.79 Å². The van der Waals surface area contributed by atoms with Crippen LogP contribution in [0.5, 0.6) is 0 Å². The van der Waals surface area contributed by atoms with Gasteiger partial charge in [-0.05, 0) is 24.8 Å². The summed E-state index contributed by atoms with van der Waals surface area (Å²) in [5.74, 6) is 1.55. The number of aryl methyl sites for hydroxylation is 1. The molecule has 0 aliphatic carbocycles. The van der Waals surface area contributed by atoms with Gasteiger partial charge in [0.1, 0.15) is 6.10 Å². The highest BCUT2D eigenvalue weighted by Crippen LogP contribution is 2.40. The minimum atomic E-state index is -0.139. The Morgan fingerprint density at radius 1 is 1.39 bits per heavy atom. The number of hydrogen-bond acceptors (Lipinski definition) is 7. The van der Waals surface area contributed by atoms with E-state index in [0.717, 1.165) is 19.4 Å².